The highest BCUT2D eigenvalue weighted by atomic mass is 35.5. The topological polar surface area (TPSA) is 72.2 Å². The van der Waals surface area contributed by atoms with Crippen LogP contribution in [-0.2, 0) is 0 Å². The zero-order valence-electron chi connectivity index (χ0n) is 11.3. The Balaban J connectivity index is 2.11. The van der Waals surface area contributed by atoms with E-state index in [1.165, 1.54) is 24.6 Å². The first kappa shape index (κ1) is 14.8. The standard InChI is InChI=1S/C14H17ClN2O3/c1-9-4-2-3-5-13(9)16-14(18)11-7-6-10(17(19)20)8-12(11)15/h6-9,13H,2-5H2,1H3,(H,16,18)/t9-,13-/m0/s1. The minimum Gasteiger partial charge on any atom is -0.349 e. The third-order valence-corrected chi connectivity index (χ3v) is 4.15. The molecule has 1 fully saturated rings. The summed E-state index contributed by atoms with van der Waals surface area (Å²) in [5, 5.41) is 13.7. The largest absolute Gasteiger partial charge is 0.349 e. The second-order valence-electron chi connectivity index (χ2n) is 5.26. The molecular formula is C14H17ClN2O3. The summed E-state index contributed by atoms with van der Waals surface area (Å²) < 4.78 is 0. The van der Waals surface area contributed by atoms with E-state index in [4.69, 9.17) is 11.6 Å². The molecule has 1 aromatic carbocycles. The van der Waals surface area contributed by atoms with E-state index in [0.29, 0.717) is 5.92 Å². The maximum absolute atomic E-state index is 12.2. The van der Waals surface area contributed by atoms with Gasteiger partial charge in [-0.2, -0.15) is 0 Å². The van der Waals surface area contributed by atoms with E-state index in [0.717, 1.165) is 19.3 Å². The van der Waals surface area contributed by atoms with E-state index in [1.807, 2.05) is 0 Å². The van der Waals surface area contributed by atoms with Crippen LogP contribution in [0.15, 0.2) is 18.2 Å². The zero-order valence-corrected chi connectivity index (χ0v) is 12.0. The van der Waals surface area contributed by atoms with E-state index in [-0.39, 0.29) is 28.2 Å². The van der Waals surface area contributed by atoms with Crippen molar-refractivity contribution < 1.29 is 9.72 Å². The highest BCUT2D eigenvalue weighted by molar-refractivity contribution is 6.34. The number of nitrogens with zero attached hydrogens (tertiary/aromatic N) is 1. The summed E-state index contributed by atoms with van der Waals surface area (Å²) in [7, 11) is 0. The van der Waals surface area contributed by atoms with Crippen molar-refractivity contribution in [1.82, 2.24) is 5.32 Å². The average Bonchev–Trinajstić information content (AvgIpc) is 2.41. The Morgan fingerprint density at radius 1 is 1.40 bits per heavy atom. The van der Waals surface area contributed by atoms with Gasteiger partial charge in [-0.1, -0.05) is 31.4 Å². The highest BCUT2D eigenvalue weighted by Crippen LogP contribution is 2.26. The van der Waals surface area contributed by atoms with Crippen LogP contribution in [0.25, 0.3) is 0 Å². The number of rotatable bonds is 3. The van der Waals surface area contributed by atoms with Gasteiger partial charge in [0.15, 0.2) is 0 Å². The van der Waals surface area contributed by atoms with Crippen molar-refractivity contribution in [3.8, 4) is 0 Å². The van der Waals surface area contributed by atoms with Gasteiger partial charge >= 0.3 is 0 Å². The Morgan fingerprint density at radius 2 is 2.10 bits per heavy atom. The van der Waals surface area contributed by atoms with Gasteiger partial charge in [-0.15, -0.1) is 0 Å². The molecule has 0 aromatic heterocycles. The maximum Gasteiger partial charge on any atom is 0.270 e. The summed E-state index contributed by atoms with van der Waals surface area (Å²) in [6.07, 6.45) is 4.39. The fourth-order valence-corrected chi connectivity index (χ4v) is 2.84. The van der Waals surface area contributed by atoms with Crippen LogP contribution in [-0.4, -0.2) is 16.9 Å². The van der Waals surface area contributed by atoms with Crippen LogP contribution in [0.3, 0.4) is 0 Å². The molecule has 1 saturated carbocycles. The zero-order chi connectivity index (χ0) is 14.7. The molecule has 1 aliphatic carbocycles. The van der Waals surface area contributed by atoms with Gasteiger partial charge in [0.1, 0.15) is 0 Å². The van der Waals surface area contributed by atoms with E-state index >= 15 is 0 Å². The number of hydrogen-bond donors (Lipinski definition) is 1. The lowest BCUT2D eigenvalue weighted by Gasteiger charge is -2.29. The summed E-state index contributed by atoms with van der Waals surface area (Å²) in [4.78, 5) is 22.3. The fourth-order valence-electron chi connectivity index (χ4n) is 2.58. The first-order valence-corrected chi connectivity index (χ1v) is 7.11. The smallest absolute Gasteiger partial charge is 0.270 e. The van der Waals surface area contributed by atoms with E-state index in [2.05, 4.69) is 12.2 Å². The van der Waals surface area contributed by atoms with Gasteiger partial charge in [0.25, 0.3) is 11.6 Å². The van der Waals surface area contributed by atoms with Crippen LogP contribution in [0, 0.1) is 16.0 Å². The molecule has 1 aliphatic rings. The molecule has 0 unspecified atom stereocenters. The molecule has 20 heavy (non-hydrogen) atoms. The second kappa shape index (κ2) is 6.22. The molecule has 2 rings (SSSR count). The molecule has 1 aromatic rings. The van der Waals surface area contributed by atoms with Crippen LogP contribution in [0.2, 0.25) is 5.02 Å². The Morgan fingerprint density at radius 3 is 2.70 bits per heavy atom. The van der Waals surface area contributed by atoms with Gasteiger partial charge < -0.3 is 5.32 Å². The number of nitrogens with one attached hydrogen (secondary N) is 1. The Labute approximate surface area is 122 Å². The van der Waals surface area contributed by atoms with Crippen LogP contribution in [0.5, 0.6) is 0 Å². The summed E-state index contributed by atoms with van der Waals surface area (Å²) in [5.74, 6) is 0.188. The second-order valence-corrected chi connectivity index (χ2v) is 5.67. The van der Waals surface area contributed by atoms with E-state index in [1.54, 1.807) is 0 Å². The van der Waals surface area contributed by atoms with Crippen LogP contribution >= 0.6 is 11.6 Å². The van der Waals surface area contributed by atoms with Gasteiger partial charge in [0, 0.05) is 18.2 Å². The number of nitro benzene ring substituents is 1. The quantitative estimate of drug-likeness (QED) is 0.684. The number of carbonyl (C=O) groups is 1. The lowest BCUT2D eigenvalue weighted by Crippen LogP contribution is -2.41. The van der Waals surface area contributed by atoms with Crippen LogP contribution in [0.4, 0.5) is 5.69 Å². The normalized spacial score (nSPS) is 22.3. The first-order valence-electron chi connectivity index (χ1n) is 6.74. The van der Waals surface area contributed by atoms with Crippen molar-refractivity contribution in [1.29, 1.82) is 0 Å². The average molecular weight is 297 g/mol. The Hall–Kier alpha value is -1.62. The lowest BCUT2D eigenvalue weighted by molar-refractivity contribution is -0.384. The summed E-state index contributed by atoms with van der Waals surface area (Å²) in [6.45, 7) is 2.13. The molecule has 2 atom stereocenters. The molecule has 1 N–H and O–H groups in total. The number of benzene rings is 1. The SMILES string of the molecule is C[C@H]1CCCC[C@@H]1NC(=O)c1ccc([N+](=O)[O-])cc1Cl. The molecule has 0 radical (unpaired) electrons. The minimum atomic E-state index is -0.531. The van der Waals surface area contributed by atoms with Crippen LogP contribution < -0.4 is 5.32 Å². The predicted molar refractivity (Wildman–Crippen MR) is 77.0 cm³/mol. The molecule has 1 amide bonds. The van der Waals surface area contributed by atoms with Crippen molar-refractivity contribution in [2.24, 2.45) is 5.92 Å². The molecular weight excluding hydrogens is 280 g/mol. The molecule has 0 heterocycles. The summed E-state index contributed by atoms with van der Waals surface area (Å²) in [6, 6.07) is 4.07. The van der Waals surface area contributed by atoms with Gasteiger partial charge in [0.05, 0.1) is 15.5 Å². The maximum atomic E-state index is 12.2. The van der Waals surface area contributed by atoms with Crippen molar-refractivity contribution >= 4 is 23.2 Å². The molecule has 0 spiro atoms. The van der Waals surface area contributed by atoms with Gasteiger partial charge in [-0.25, -0.2) is 0 Å². The van der Waals surface area contributed by atoms with Crippen molar-refractivity contribution in [2.75, 3.05) is 0 Å². The first-order chi connectivity index (χ1) is 9.49. The van der Waals surface area contributed by atoms with Crippen molar-refractivity contribution in [3.63, 3.8) is 0 Å². The number of hydrogen-bond acceptors (Lipinski definition) is 3. The van der Waals surface area contributed by atoms with E-state index in [9.17, 15) is 14.9 Å². The molecule has 6 heteroatoms. The number of non-ortho nitro benzene ring substituents is 1. The highest BCUT2D eigenvalue weighted by Gasteiger charge is 2.24. The van der Waals surface area contributed by atoms with Crippen LogP contribution in [0.1, 0.15) is 43.0 Å². The summed E-state index contributed by atoms with van der Waals surface area (Å²) >= 11 is 5.96. The van der Waals surface area contributed by atoms with Gasteiger partial charge in [-0.3, -0.25) is 14.9 Å². The summed E-state index contributed by atoms with van der Waals surface area (Å²) in [5.41, 5.74) is 0.174. The monoisotopic (exact) mass is 296 g/mol. The molecule has 5 nitrogen and oxygen atoms in total. The lowest BCUT2D eigenvalue weighted by atomic mass is 9.86. The molecule has 0 saturated heterocycles. The Bertz CT molecular complexity index is 533. The predicted octanol–water partition coefficient (Wildman–Crippen LogP) is 3.56. The van der Waals surface area contributed by atoms with E-state index < -0.39 is 4.92 Å². The molecule has 0 bridgehead atoms. The van der Waals surface area contributed by atoms with Gasteiger partial charge in [-0.05, 0) is 24.8 Å². The number of carbonyl (C=O) groups excluding carboxylic acids is 1. The minimum absolute atomic E-state index is 0.111. The van der Waals surface area contributed by atoms with Crippen molar-refractivity contribution in [2.45, 2.75) is 38.6 Å². The van der Waals surface area contributed by atoms with Crippen molar-refractivity contribution in [3.05, 3.63) is 38.9 Å². The third-order valence-electron chi connectivity index (χ3n) is 3.84. The number of halogens is 1. The van der Waals surface area contributed by atoms with Gasteiger partial charge in [0.2, 0.25) is 0 Å². The molecule has 0 aliphatic heterocycles. The third kappa shape index (κ3) is 3.28. The Kier molecular flexibility index (Phi) is 4.60. The number of nitro groups is 1. The number of amides is 1. The fraction of sp³-hybridized carbons (Fsp3) is 0.500. The molecule has 108 valence electrons.